The summed E-state index contributed by atoms with van der Waals surface area (Å²) in [6.07, 6.45) is 5.92. The zero-order chi connectivity index (χ0) is 18.2. The largest absolute Gasteiger partial charge is 0.393 e. The summed E-state index contributed by atoms with van der Waals surface area (Å²) < 4.78 is 23.3. The highest BCUT2D eigenvalue weighted by Crippen LogP contribution is 2.44. The van der Waals surface area contributed by atoms with Crippen LogP contribution in [0.25, 0.3) is 0 Å². The molecule has 0 aliphatic heterocycles. The summed E-state index contributed by atoms with van der Waals surface area (Å²) in [5.74, 6) is 0.396. The quantitative estimate of drug-likeness (QED) is 0.809. The molecule has 2 aliphatic carbocycles. The van der Waals surface area contributed by atoms with Crippen molar-refractivity contribution in [1.29, 1.82) is 0 Å². The van der Waals surface area contributed by atoms with Crippen molar-refractivity contribution in [3.8, 4) is 0 Å². The van der Waals surface area contributed by atoms with Crippen LogP contribution in [0.1, 0.15) is 51.0 Å². The standard InChI is InChI=1S/C19H27NO4S/c1-3-17(13-11-15(21)12-13)20-18(22)19(9-4-10-19)14-5-7-16(8-6-14)25(2,23)24/h5-8,13,15,17,21H,3-4,9-12H2,1-2H3,(H,20,22)/t13?,15?,17-/m1/s1. The maximum atomic E-state index is 13.0. The van der Waals surface area contributed by atoms with Gasteiger partial charge in [-0.2, -0.15) is 0 Å². The van der Waals surface area contributed by atoms with Gasteiger partial charge in [-0.1, -0.05) is 25.5 Å². The molecular formula is C19H27NO4S. The molecule has 1 amide bonds. The Bertz CT molecular complexity index is 731. The summed E-state index contributed by atoms with van der Waals surface area (Å²) in [5.41, 5.74) is 0.360. The molecule has 2 saturated carbocycles. The molecule has 0 bridgehead atoms. The Morgan fingerprint density at radius 3 is 2.28 bits per heavy atom. The smallest absolute Gasteiger partial charge is 0.230 e. The molecule has 5 nitrogen and oxygen atoms in total. The first-order valence-corrected chi connectivity index (χ1v) is 10.9. The third kappa shape index (κ3) is 3.47. The Labute approximate surface area is 149 Å². The van der Waals surface area contributed by atoms with Gasteiger partial charge in [-0.3, -0.25) is 4.79 Å². The van der Waals surface area contributed by atoms with Gasteiger partial charge in [0.15, 0.2) is 9.84 Å². The minimum absolute atomic E-state index is 0.0408. The predicted molar refractivity (Wildman–Crippen MR) is 96.0 cm³/mol. The Hall–Kier alpha value is -1.40. The summed E-state index contributed by atoms with van der Waals surface area (Å²) in [4.78, 5) is 13.3. The fourth-order valence-corrected chi connectivity index (χ4v) is 4.65. The highest BCUT2D eigenvalue weighted by molar-refractivity contribution is 7.90. The van der Waals surface area contributed by atoms with Gasteiger partial charge in [0.2, 0.25) is 5.91 Å². The van der Waals surface area contributed by atoms with Gasteiger partial charge in [-0.15, -0.1) is 0 Å². The molecule has 0 aromatic heterocycles. The van der Waals surface area contributed by atoms with E-state index in [9.17, 15) is 18.3 Å². The maximum absolute atomic E-state index is 13.0. The van der Waals surface area contributed by atoms with E-state index in [1.54, 1.807) is 24.3 Å². The molecule has 25 heavy (non-hydrogen) atoms. The normalized spacial score (nSPS) is 26.2. The Kier molecular flexibility index (Phi) is 4.95. The van der Waals surface area contributed by atoms with Crippen molar-refractivity contribution in [2.75, 3.05) is 6.26 Å². The van der Waals surface area contributed by atoms with Crippen LogP contribution in [0.4, 0.5) is 0 Å². The van der Waals surface area contributed by atoms with Gasteiger partial charge in [0, 0.05) is 12.3 Å². The molecule has 0 saturated heterocycles. The van der Waals surface area contributed by atoms with E-state index in [2.05, 4.69) is 12.2 Å². The van der Waals surface area contributed by atoms with Gasteiger partial charge in [0.1, 0.15) is 0 Å². The number of amides is 1. The van der Waals surface area contributed by atoms with Crippen molar-refractivity contribution in [1.82, 2.24) is 5.32 Å². The molecule has 138 valence electrons. The van der Waals surface area contributed by atoms with E-state index >= 15 is 0 Å². The third-order valence-corrected chi connectivity index (χ3v) is 7.08. The summed E-state index contributed by atoms with van der Waals surface area (Å²) in [6, 6.07) is 6.85. The van der Waals surface area contributed by atoms with Gasteiger partial charge < -0.3 is 10.4 Å². The zero-order valence-electron chi connectivity index (χ0n) is 14.9. The highest BCUT2D eigenvalue weighted by Gasteiger charge is 2.47. The van der Waals surface area contributed by atoms with Gasteiger partial charge >= 0.3 is 0 Å². The SMILES string of the molecule is CC[C@@H](NC(=O)C1(c2ccc(S(C)(=O)=O)cc2)CCC1)C1CC(O)C1. The Morgan fingerprint density at radius 1 is 1.28 bits per heavy atom. The van der Waals surface area contributed by atoms with Crippen LogP contribution < -0.4 is 5.32 Å². The molecule has 1 atom stereocenters. The van der Waals surface area contributed by atoms with Crippen molar-refractivity contribution < 1.29 is 18.3 Å². The molecule has 0 heterocycles. The number of carbonyl (C=O) groups is 1. The topological polar surface area (TPSA) is 83.5 Å². The number of hydrogen-bond acceptors (Lipinski definition) is 4. The fraction of sp³-hybridized carbons (Fsp3) is 0.632. The first-order chi connectivity index (χ1) is 11.8. The number of rotatable bonds is 6. The fourth-order valence-electron chi connectivity index (χ4n) is 4.02. The van der Waals surface area contributed by atoms with Crippen LogP contribution >= 0.6 is 0 Å². The summed E-state index contributed by atoms with van der Waals surface area (Å²) in [6.45, 7) is 2.06. The first-order valence-electron chi connectivity index (χ1n) is 9.06. The summed E-state index contributed by atoms with van der Waals surface area (Å²) >= 11 is 0. The van der Waals surface area contributed by atoms with E-state index in [1.807, 2.05) is 0 Å². The van der Waals surface area contributed by atoms with Crippen molar-refractivity contribution in [3.63, 3.8) is 0 Å². The van der Waals surface area contributed by atoms with Crippen LogP contribution in [0, 0.1) is 5.92 Å². The van der Waals surface area contributed by atoms with Gasteiger partial charge in [-0.25, -0.2) is 8.42 Å². The lowest BCUT2D eigenvalue weighted by Crippen LogP contribution is -2.55. The van der Waals surface area contributed by atoms with Crippen LogP contribution in [-0.4, -0.2) is 37.8 Å². The zero-order valence-corrected chi connectivity index (χ0v) is 15.7. The molecule has 6 heteroatoms. The van der Waals surface area contributed by atoms with E-state index in [-0.39, 0.29) is 22.9 Å². The molecule has 1 aromatic rings. The number of carbonyl (C=O) groups excluding carboxylic acids is 1. The van der Waals surface area contributed by atoms with E-state index in [4.69, 9.17) is 0 Å². The lowest BCUT2D eigenvalue weighted by molar-refractivity contribution is -0.131. The molecule has 1 aromatic carbocycles. The Balaban J connectivity index is 1.77. The maximum Gasteiger partial charge on any atom is 0.230 e. The lowest BCUT2D eigenvalue weighted by Gasteiger charge is -2.44. The Morgan fingerprint density at radius 2 is 1.88 bits per heavy atom. The molecule has 2 N–H and O–H groups in total. The molecule has 0 radical (unpaired) electrons. The number of benzene rings is 1. The van der Waals surface area contributed by atoms with E-state index in [0.29, 0.717) is 5.92 Å². The monoisotopic (exact) mass is 365 g/mol. The van der Waals surface area contributed by atoms with Crippen molar-refractivity contribution >= 4 is 15.7 Å². The van der Waals surface area contributed by atoms with Crippen molar-refractivity contribution in [2.45, 2.75) is 67.9 Å². The van der Waals surface area contributed by atoms with E-state index in [1.165, 1.54) is 6.26 Å². The second-order valence-electron chi connectivity index (χ2n) is 7.61. The molecule has 2 aliphatic rings. The minimum Gasteiger partial charge on any atom is -0.393 e. The van der Waals surface area contributed by atoms with Crippen molar-refractivity contribution in [2.24, 2.45) is 5.92 Å². The average molecular weight is 365 g/mol. The van der Waals surface area contributed by atoms with Gasteiger partial charge in [-0.05, 0) is 55.7 Å². The van der Waals surface area contributed by atoms with Crippen LogP contribution in [0.3, 0.4) is 0 Å². The molecule has 2 fully saturated rings. The number of nitrogens with one attached hydrogen (secondary N) is 1. The molecule has 0 unspecified atom stereocenters. The summed E-state index contributed by atoms with van der Waals surface area (Å²) in [7, 11) is -3.23. The second-order valence-corrected chi connectivity index (χ2v) is 9.62. The minimum atomic E-state index is -3.23. The molecule has 3 rings (SSSR count). The average Bonchev–Trinajstić information content (AvgIpc) is 2.48. The number of sulfone groups is 1. The lowest BCUT2D eigenvalue weighted by atomic mass is 9.63. The summed E-state index contributed by atoms with van der Waals surface area (Å²) in [5, 5.41) is 12.7. The number of hydrogen-bond donors (Lipinski definition) is 2. The number of aliphatic hydroxyl groups excluding tert-OH is 1. The van der Waals surface area contributed by atoms with Crippen molar-refractivity contribution in [3.05, 3.63) is 29.8 Å². The van der Waals surface area contributed by atoms with E-state index in [0.717, 1.165) is 44.1 Å². The second kappa shape index (κ2) is 6.72. The molecular weight excluding hydrogens is 338 g/mol. The van der Waals surface area contributed by atoms with Crippen LogP contribution in [0.5, 0.6) is 0 Å². The highest BCUT2D eigenvalue weighted by atomic mass is 32.2. The third-order valence-electron chi connectivity index (χ3n) is 5.95. The van der Waals surface area contributed by atoms with Crippen LogP contribution in [0.2, 0.25) is 0 Å². The van der Waals surface area contributed by atoms with Gasteiger partial charge in [0.25, 0.3) is 0 Å². The number of aliphatic hydroxyl groups is 1. The van der Waals surface area contributed by atoms with E-state index < -0.39 is 15.3 Å². The first kappa shape index (κ1) is 18.4. The predicted octanol–water partition coefficient (Wildman–Crippen LogP) is 2.18. The van der Waals surface area contributed by atoms with Crippen LogP contribution in [0.15, 0.2) is 29.2 Å². The van der Waals surface area contributed by atoms with Gasteiger partial charge in [0.05, 0.1) is 16.4 Å². The van der Waals surface area contributed by atoms with Crippen LogP contribution in [-0.2, 0) is 20.0 Å². The molecule has 0 spiro atoms.